The van der Waals surface area contributed by atoms with E-state index in [4.69, 9.17) is 4.98 Å². The molecular formula is C21H26N6. The van der Waals surface area contributed by atoms with Crippen molar-refractivity contribution in [2.24, 2.45) is 0 Å². The van der Waals surface area contributed by atoms with E-state index in [1.807, 2.05) is 57.0 Å². The van der Waals surface area contributed by atoms with Gasteiger partial charge in [-0.25, -0.2) is 4.98 Å². The Kier molecular flexibility index (Phi) is 6.30. The summed E-state index contributed by atoms with van der Waals surface area (Å²) in [5, 5.41) is 0. The molecule has 0 bridgehead atoms. The van der Waals surface area contributed by atoms with E-state index >= 15 is 0 Å². The van der Waals surface area contributed by atoms with Gasteiger partial charge in [-0.05, 0) is 55.2 Å². The van der Waals surface area contributed by atoms with Gasteiger partial charge in [0.1, 0.15) is 5.82 Å². The number of nitrogens with zero attached hydrogens (tertiary/aromatic N) is 6. The first kappa shape index (κ1) is 18.8. The van der Waals surface area contributed by atoms with Crippen LogP contribution in [-0.4, -0.2) is 47.1 Å². The van der Waals surface area contributed by atoms with E-state index < -0.39 is 0 Å². The van der Waals surface area contributed by atoms with E-state index in [0.717, 1.165) is 43.4 Å². The molecule has 0 aromatic carbocycles. The minimum atomic E-state index is 0.759. The molecule has 0 radical (unpaired) electrons. The second-order valence-corrected chi connectivity index (χ2v) is 6.72. The Hall–Kier alpha value is -3.02. The van der Waals surface area contributed by atoms with Gasteiger partial charge in [0.2, 0.25) is 5.95 Å². The second kappa shape index (κ2) is 9.07. The van der Waals surface area contributed by atoms with Crippen molar-refractivity contribution < 1.29 is 0 Å². The van der Waals surface area contributed by atoms with E-state index in [0.29, 0.717) is 0 Å². The van der Waals surface area contributed by atoms with Crippen LogP contribution in [0.4, 0.5) is 11.8 Å². The molecule has 27 heavy (non-hydrogen) atoms. The van der Waals surface area contributed by atoms with Gasteiger partial charge in [-0.1, -0.05) is 0 Å². The van der Waals surface area contributed by atoms with Crippen LogP contribution in [0.15, 0.2) is 55.1 Å². The minimum Gasteiger partial charge on any atom is -0.359 e. The van der Waals surface area contributed by atoms with Gasteiger partial charge in [-0.3, -0.25) is 9.97 Å². The molecule has 0 amide bonds. The van der Waals surface area contributed by atoms with E-state index in [-0.39, 0.29) is 0 Å². The zero-order valence-electron chi connectivity index (χ0n) is 16.2. The third-order valence-electron chi connectivity index (χ3n) is 4.53. The van der Waals surface area contributed by atoms with Crippen LogP contribution < -0.4 is 9.80 Å². The van der Waals surface area contributed by atoms with Gasteiger partial charge < -0.3 is 9.80 Å². The fraction of sp³-hybridized carbons (Fsp3) is 0.333. The first-order chi connectivity index (χ1) is 13.1. The molecule has 6 heteroatoms. The molecule has 0 fully saturated rings. The van der Waals surface area contributed by atoms with Gasteiger partial charge >= 0.3 is 0 Å². The number of aryl methyl sites for hydroxylation is 1. The molecule has 0 aliphatic carbocycles. The number of hydrogen-bond acceptors (Lipinski definition) is 6. The molecule has 0 atom stereocenters. The van der Waals surface area contributed by atoms with E-state index in [9.17, 15) is 0 Å². The molecular weight excluding hydrogens is 336 g/mol. The summed E-state index contributed by atoms with van der Waals surface area (Å²) >= 11 is 0. The van der Waals surface area contributed by atoms with E-state index in [1.54, 1.807) is 0 Å². The topological polar surface area (TPSA) is 58.0 Å². The molecule has 0 saturated heterocycles. The first-order valence-electron chi connectivity index (χ1n) is 9.17. The Morgan fingerprint density at radius 1 is 0.741 bits per heavy atom. The molecule has 140 valence electrons. The maximum absolute atomic E-state index is 4.77. The highest BCUT2D eigenvalue weighted by molar-refractivity contribution is 5.45. The molecule has 0 saturated carbocycles. The second-order valence-electron chi connectivity index (χ2n) is 6.72. The molecule has 3 aromatic heterocycles. The summed E-state index contributed by atoms with van der Waals surface area (Å²) in [6, 6.07) is 10.2. The van der Waals surface area contributed by atoms with Gasteiger partial charge in [-0.15, -0.1) is 0 Å². The van der Waals surface area contributed by atoms with Crippen LogP contribution in [0.5, 0.6) is 0 Å². The lowest BCUT2D eigenvalue weighted by molar-refractivity contribution is 0.812. The molecule has 0 aliphatic rings. The zero-order valence-corrected chi connectivity index (χ0v) is 16.2. The summed E-state index contributed by atoms with van der Waals surface area (Å²) in [6.07, 6.45) is 9.21. The molecule has 0 aliphatic heterocycles. The van der Waals surface area contributed by atoms with Gasteiger partial charge in [0.05, 0.1) is 0 Å². The Balaban J connectivity index is 1.64. The van der Waals surface area contributed by atoms with Crippen molar-refractivity contribution in [3.8, 4) is 0 Å². The van der Waals surface area contributed by atoms with Crippen molar-refractivity contribution >= 4 is 11.8 Å². The van der Waals surface area contributed by atoms with Crippen molar-refractivity contribution in [1.82, 2.24) is 19.9 Å². The van der Waals surface area contributed by atoms with Gasteiger partial charge in [0.15, 0.2) is 0 Å². The quantitative estimate of drug-likeness (QED) is 0.614. The summed E-state index contributed by atoms with van der Waals surface area (Å²) in [6.45, 7) is 3.76. The van der Waals surface area contributed by atoms with Crippen LogP contribution in [0.3, 0.4) is 0 Å². The SMILES string of the molecule is Cc1cc(N(C)CCc2ccncc2)nc(N(C)CCc2ccncc2)n1. The summed E-state index contributed by atoms with van der Waals surface area (Å²) in [5.74, 6) is 1.71. The van der Waals surface area contributed by atoms with Gasteiger partial charge in [0.25, 0.3) is 0 Å². The number of anilines is 2. The van der Waals surface area contributed by atoms with Crippen LogP contribution in [0.25, 0.3) is 0 Å². The highest BCUT2D eigenvalue weighted by atomic mass is 15.3. The van der Waals surface area contributed by atoms with Gasteiger partial charge in [0, 0.05) is 63.7 Å². The smallest absolute Gasteiger partial charge is 0.227 e. The number of likely N-dealkylation sites (N-methyl/N-ethyl adjacent to an activating group) is 2. The molecule has 3 aromatic rings. The number of aromatic nitrogens is 4. The summed E-state index contributed by atoms with van der Waals surface area (Å²) in [5.41, 5.74) is 3.51. The molecule has 3 heterocycles. The highest BCUT2D eigenvalue weighted by Gasteiger charge is 2.10. The molecule has 0 N–H and O–H groups in total. The van der Waals surface area contributed by atoms with Crippen molar-refractivity contribution in [2.45, 2.75) is 19.8 Å². The fourth-order valence-electron chi connectivity index (χ4n) is 2.81. The van der Waals surface area contributed by atoms with Crippen molar-refractivity contribution in [3.05, 3.63) is 71.9 Å². The van der Waals surface area contributed by atoms with Crippen LogP contribution in [0.1, 0.15) is 16.8 Å². The fourth-order valence-corrected chi connectivity index (χ4v) is 2.81. The third-order valence-corrected chi connectivity index (χ3v) is 4.53. The van der Waals surface area contributed by atoms with Crippen molar-refractivity contribution in [3.63, 3.8) is 0 Å². The third kappa shape index (κ3) is 5.48. The first-order valence-corrected chi connectivity index (χ1v) is 9.17. The predicted molar refractivity (Wildman–Crippen MR) is 109 cm³/mol. The lowest BCUT2D eigenvalue weighted by atomic mass is 10.2. The largest absolute Gasteiger partial charge is 0.359 e. The maximum Gasteiger partial charge on any atom is 0.227 e. The van der Waals surface area contributed by atoms with Gasteiger partial charge in [-0.2, -0.15) is 4.98 Å². The van der Waals surface area contributed by atoms with Crippen molar-refractivity contribution in [2.75, 3.05) is 37.0 Å². The Bertz CT molecular complexity index is 770. The van der Waals surface area contributed by atoms with Crippen LogP contribution in [0, 0.1) is 6.92 Å². The van der Waals surface area contributed by atoms with Crippen molar-refractivity contribution in [1.29, 1.82) is 0 Å². The average Bonchev–Trinajstić information content (AvgIpc) is 2.71. The van der Waals surface area contributed by atoms with Crippen LogP contribution in [-0.2, 0) is 12.8 Å². The Labute approximate surface area is 160 Å². The highest BCUT2D eigenvalue weighted by Crippen LogP contribution is 2.16. The Morgan fingerprint density at radius 3 is 1.81 bits per heavy atom. The normalized spacial score (nSPS) is 10.6. The molecule has 6 nitrogen and oxygen atoms in total. The average molecular weight is 362 g/mol. The maximum atomic E-state index is 4.77. The minimum absolute atomic E-state index is 0.759. The van der Waals surface area contributed by atoms with Crippen LogP contribution in [0.2, 0.25) is 0 Å². The molecule has 0 unspecified atom stereocenters. The zero-order chi connectivity index (χ0) is 19.1. The summed E-state index contributed by atoms with van der Waals surface area (Å²) in [7, 11) is 4.11. The number of hydrogen-bond donors (Lipinski definition) is 0. The van der Waals surface area contributed by atoms with E-state index in [2.05, 4.69) is 43.9 Å². The number of pyridine rings is 2. The lowest BCUT2D eigenvalue weighted by Gasteiger charge is -2.22. The number of rotatable bonds is 8. The molecule has 3 rings (SSSR count). The monoisotopic (exact) mass is 362 g/mol. The standard InChI is InChI=1S/C21H26N6/c1-17-16-20(26(2)14-8-18-4-10-22-11-5-18)25-21(24-17)27(3)15-9-19-6-12-23-13-7-19/h4-7,10-13,16H,8-9,14-15H2,1-3H3. The van der Waals surface area contributed by atoms with E-state index in [1.165, 1.54) is 11.1 Å². The Morgan fingerprint density at radius 2 is 1.26 bits per heavy atom. The summed E-state index contributed by atoms with van der Waals surface area (Å²) in [4.78, 5) is 21.8. The summed E-state index contributed by atoms with van der Waals surface area (Å²) < 4.78 is 0. The predicted octanol–water partition coefficient (Wildman–Crippen LogP) is 2.93. The molecule has 0 spiro atoms. The van der Waals surface area contributed by atoms with Crippen LogP contribution >= 0.6 is 0 Å². The lowest BCUT2D eigenvalue weighted by Crippen LogP contribution is -2.26.